The largest absolute Gasteiger partial charge is 0.505 e. The molecule has 5 nitrogen and oxygen atoms in total. The highest BCUT2D eigenvalue weighted by Gasteiger charge is 2.27. The highest BCUT2D eigenvalue weighted by atomic mass is 31.1. The SMILES string of the molecule is CC(CCC(NC(=O)[C@@H](N)Cc1ccccc1)C1CCCCC1)CC[P+](=O)O. The second-order valence-electron chi connectivity index (χ2n) is 8.36. The lowest BCUT2D eigenvalue weighted by molar-refractivity contribution is -0.123. The van der Waals surface area contributed by atoms with Crippen LogP contribution < -0.4 is 11.1 Å². The van der Waals surface area contributed by atoms with Crippen LogP contribution in [0.25, 0.3) is 0 Å². The number of hydrogen-bond donors (Lipinski definition) is 3. The molecule has 4 atom stereocenters. The van der Waals surface area contributed by atoms with E-state index in [1.165, 1.54) is 19.3 Å². The number of carbonyl (C=O) groups excluding carboxylic acids is 1. The van der Waals surface area contributed by atoms with Crippen molar-refractivity contribution in [1.82, 2.24) is 5.32 Å². The maximum Gasteiger partial charge on any atom is 0.505 e. The number of amides is 1. The molecule has 0 aliphatic heterocycles. The number of nitrogens with one attached hydrogen (secondary N) is 1. The molecule has 0 heterocycles. The van der Waals surface area contributed by atoms with Crippen molar-refractivity contribution in [2.75, 3.05) is 6.16 Å². The first-order chi connectivity index (χ1) is 13.5. The third kappa shape index (κ3) is 8.38. The summed E-state index contributed by atoms with van der Waals surface area (Å²) in [5.41, 5.74) is 7.27. The Morgan fingerprint density at radius 3 is 2.50 bits per heavy atom. The van der Waals surface area contributed by atoms with Crippen molar-refractivity contribution in [2.24, 2.45) is 17.6 Å². The first-order valence-corrected chi connectivity index (χ1v) is 12.1. The molecular formula is C22H36N2O3P+. The molecule has 1 amide bonds. The Kier molecular flexibility index (Phi) is 10.1. The number of hydrogen-bond acceptors (Lipinski definition) is 3. The van der Waals surface area contributed by atoms with Gasteiger partial charge in [-0.3, -0.25) is 4.79 Å². The van der Waals surface area contributed by atoms with E-state index in [4.69, 9.17) is 10.6 Å². The van der Waals surface area contributed by atoms with Gasteiger partial charge in [0, 0.05) is 6.04 Å². The third-order valence-corrected chi connectivity index (χ3v) is 6.61. The fourth-order valence-electron chi connectivity index (χ4n) is 4.15. The van der Waals surface area contributed by atoms with Gasteiger partial charge in [-0.1, -0.05) is 56.5 Å². The van der Waals surface area contributed by atoms with Crippen LogP contribution in [0.5, 0.6) is 0 Å². The quantitative estimate of drug-likeness (QED) is 0.480. The van der Waals surface area contributed by atoms with Crippen LogP contribution in [-0.4, -0.2) is 29.0 Å². The summed E-state index contributed by atoms with van der Waals surface area (Å²) in [4.78, 5) is 21.8. The smallest absolute Gasteiger partial charge is 0.352 e. The molecule has 0 aromatic heterocycles. The van der Waals surface area contributed by atoms with E-state index in [-0.39, 0.29) is 11.9 Å². The summed E-state index contributed by atoms with van der Waals surface area (Å²) in [6, 6.07) is 9.50. The summed E-state index contributed by atoms with van der Waals surface area (Å²) in [6.45, 7) is 2.12. The van der Waals surface area contributed by atoms with Gasteiger partial charge in [-0.25, -0.2) is 0 Å². The van der Waals surface area contributed by atoms with E-state index in [1.54, 1.807) is 0 Å². The molecule has 1 aromatic rings. The molecule has 1 aromatic carbocycles. The van der Waals surface area contributed by atoms with Crippen LogP contribution in [0, 0.1) is 11.8 Å². The molecule has 28 heavy (non-hydrogen) atoms. The number of benzene rings is 1. The molecular weight excluding hydrogens is 371 g/mol. The van der Waals surface area contributed by atoms with Crippen molar-refractivity contribution in [3.8, 4) is 0 Å². The fourth-order valence-corrected chi connectivity index (χ4v) is 4.81. The van der Waals surface area contributed by atoms with Gasteiger partial charge < -0.3 is 11.1 Å². The first kappa shape index (κ1) is 23.0. The van der Waals surface area contributed by atoms with Crippen LogP contribution in [0.1, 0.15) is 63.9 Å². The van der Waals surface area contributed by atoms with Gasteiger partial charge in [-0.05, 0) is 60.5 Å². The van der Waals surface area contributed by atoms with E-state index < -0.39 is 14.1 Å². The van der Waals surface area contributed by atoms with Gasteiger partial charge in [-0.15, -0.1) is 0 Å². The second kappa shape index (κ2) is 12.3. The van der Waals surface area contributed by atoms with E-state index in [1.807, 2.05) is 30.3 Å². The zero-order chi connectivity index (χ0) is 20.4. The molecule has 6 heteroatoms. The molecule has 0 spiro atoms. The van der Waals surface area contributed by atoms with Gasteiger partial charge in [0.15, 0.2) is 6.16 Å². The van der Waals surface area contributed by atoms with Crippen LogP contribution in [-0.2, 0) is 15.8 Å². The van der Waals surface area contributed by atoms with Crippen molar-refractivity contribution < 1.29 is 14.3 Å². The minimum atomic E-state index is -2.05. The summed E-state index contributed by atoms with van der Waals surface area (Å²) in [5.74, 6) is 0.834. The van der Waals surface area contributed by atoms with Crippen molar-refractivity contribution in [1.29, 1.82) is 0 Å². The maximum atomic E-state index is 12.8. The summed E-state index contributed by atoms with van der Waals surface area (Å²) < 4.78 is 10.9. The number of nitrogens with two attached hydrogens (primary N) is 1. The van der Waals surface area contributed by atoms with Gasteiger partial charge in [0.2, 0.25) is 5.91 Å². The Morgan fingerprint density at radius 1 is 1.18 bits per heavy atom. The van der Waals surface area contributed by atoms with Gasteiger partial charge in [-0.2, -0.15) is 4.89 Å². The van der Waals surface area contributed by atoms with Crippen LogP contribution in [0.3, 0.4) is 0 Å². The second-order valence-corrected chi connectivity index (χ2v) is 9.51. The molecule has 156 valence electrons. The molecule has 1 aliphatic carbocycles. The summed E-state index contributed by atoms with van der Waals surface area (Å²) in [6.07, 6.45) is 9.60. The zero-order valence-corrected chi connectivity index (χ0v) is 17.9. The zero-order valence-electron chi connectivity index (χ0n) is 17.1. The van der Waals surface area contributed by atoms with Crippen molar-refractivity contribution in [2.45, 2.75) is 76.8 Å². The van der Waals surface area contributed by atoms with Gasteiger partial charge in [0.1, 0.15) is 0 Å². The Hall–Kier alpha value is -1.29. The maximum absolute atomic E-state index is 12.8. The van der Waals surface area contributed by atoms with Crippen LogP contribution in [0.4, 0.5) is 0 Å². The van der Waals surface area contributed by atoms with Crippen molar-refractivity contribution in [3.05, 3.63) is 35.9 Å². The van der Waals surface area contributed by atoms with E-state index in [2.05, 4.69) is 12.2 Å². The lowest BCUT2D eigenvalue weighted by atomic mass is 9.81. The van der Waals surface area contributed by atoms with Crippen molar-refractivity contribution in [3.63, 3.8) is 0 Å². The van der Waals surface area contributed by atoms with Crippen molar-refractivity contribution >= 4 is 13.9 Å². The number of carbonyl (C=O) groups is 1. The van der Waals surface area contributed by atoms with E-state index in [9.17, 15) is 9.36 Å². The molecule has 2 rings (SSSR count). The first-order valence-electron chi connectivity index (χ1n) is 10.7. The highest BCUT2D eigenvalue weighted by Crippen LogP contribution is 2.30. The van der Waals surface area contributed by atoms with Crippen LogP contribution in [0.2, 0.25) is 0 Å². The minimum absolute atomic E-state index is 0.0643. The molecule has 0 saturated heterocycles. The standard InChI is InChI=1S/C22H35N2O3P/c1-17(14-15-28(26)27)12-13-21(19-10-6-3-7-11-19)24-22(25)20(23)16-18-8-4-2-5-9-18/h2,4-5,8-9,17,19-21H,3,6-7,10-16,23H2,1H3,(H-,24,25,26,27)/p+1/t17?,20-,21?/m0/s1. The van der Waals surface area contributed by atoms with E-state index in [0.29, 0.717) is 24.4 Å². The lowest BCUT2D eigenvalue weighted by Crippen LogP contribution is -2.49. The van der Waals surface area contributed by atoms with Gasteiger partial charge >= 0.3 is 8.03 Å². The fraction of sp³-hybridized carbons (Fsp3) is 0.682. The predicted octanol–water partition coefficient (Wildman–Crippen LogP) is 4.16. The molecule has 0 radical (unpaired) electrons. The van der Waals surface area contributed by atoms with Crippen LogP contribution in [0.15, 0.2) is 30.3 Å². The Balaban J connectivity index is 1.90. The van der Waals surface area contributed by atoms with E-state index >= 15 is 0 Å². The summed E-state index contributed by atoms with van der Waals surface area (Å²) in [5, 5.41) is 3.26. The van der Waals surface area contributed by atoms with Gasteiger partial charge in [0.05, 0.1) is 6.04 Å². The predicted molar refractivity (Wildman–Crippen MR) is 114 cm³/mol. The topological polar surface area (TPSA) is 92.4 Å². The van der Waals surface area contributed by atoms with Gasteiger partial charge in [0.25, 0.3) is 0 Å². The average Bonchev–Trinajstić information content (AvgIpc) is 2.70. The molecule has 0 bridgehead atoms. The van der Waals surface area contributed by atoms with E-state index in [0.717, 1.165) is 37.7 Å². The number of rotatable bonds is 11. The Morgan fingerprint density at radius 2 is 1.86 bits per heavy atom. The van der Waals surface area contributed by atoms with Crippen LogP contribution >= 0.6 is 8.03 Å². The minimum Gasteiger partial charge on any atom is -0.352 e. The lowest BCUT2D eigenvalue weighted by Gasteiger charge is -2.32. The molecule has 4 N–H and O–H groups in total. The highest BCUT2D eigenvalue weighted by molar-refractivity contribution is 7.37. The normalized spacial score (nSPS) is 18.9. The summed E-state index contributed by atoms with van der Waals surface area (Å²) in [7, 11) is -2.05. The average molecular weight is 408 g/mol. The molecule has 3 unspecified atom stereocenters. The monoisotopic (exact) mass is 407 g/mol. The molecule has 1 fully saturated rings. The molecule has 1 saturated carbocycles. The molecule has 1 aliphatic rings. The summed E-state index contributed by atoms with van der Waals surface area (Å²) >= 11 is 0. The third-order valence-electron chi connectivity index (χ3n) is 5.97. The Labute approximate surface area is 170 Å². The Bertz CT molecular complexity index is 605.